The van der Waals surface area contributed by atoms with Gasteiger partial charge in [-0.25, -0.2) is 0 Å². The van der Waals surface area contributed by atoms with Gasteiger partial charge in [0.15, 0.2) is 0 Å². The third kappa shape index (κ3) is 2.93. The second-order valence-electron chi connectivity index (χ2n) is 3.91. The predicted octanol–water partition coefficient (Wildman–Crippen LogP) is 2.29. The van der Waals surface area contributed by atoms with Gasteiger partial charge in [-0.15, -0.1) is 0 Å². The van der Waals surface area contributed by atoms with Gasteiger partial charge in [0.05, 0.1) is 0 Å². The lowest BCUT2D eigenvalue weighted by molar-refractivity contribution is -0.118. The minimum atomic E-state index is -0.376. The normalized spacial score (nSPS) is 12.3. The van der Waals surface area contributed by atoms with Crippen LogP contribution in [0.1, 0.15) is 18.0 Å². The number of primary amides is 1. The van der Waals surface area contributed by atoms with E-state index in [1.54, 1.807) is 11.3 Å². The Morgan fingerprint density at radius 3 is 2.76 bits per heavy atom. The molecule has 0 saturated heterocycles. The van der Waals surface area contributed by atoms with Crippen LogP contribution in [0.25, 0.3) is 11.1 Å². The van der Waals surface area contributed by atoms with Crippen molar-refractivity contribution < 1.29 is 4.79 Å². The summed E-state index contributed by atoms with van der Waals surface area (Å²) in [5.74, 6) is -0.376. The second-order valence-corrected chi connectivity index (χ2v) is 4.69. The predicted molar refractivity (Wildman–Crippen MR) is 70.5 cm³/mol. The molecule has 1 heterocycles. The van der Waals surface area contributed by atoms with Crippen molar-refractivity contribution in [3.05, 3.63) is 46.7 Å². The van der Waals surface area contributed by atoms with Gasteiger partial charge in [-0.1, -0.05) is 18.2 Å². The highest BCUT2D eigenvalue weighted by molar-refractivity contribution is 7.08. The molecule has 4 N–H and O–H groups in total. The first kappa shape index (κ1) is 11.8. The van der Waals surface area contributed by atoms with Gasteiger partial charge < -0.3 is 11.5 Å². The minimum absolute atomic E-state index is 0.174. The number of amides is 1. The van der Waals surface area contributed by atoms with Crippen LogP contribution in [-0.4, -0.2) is 5.91 Å². The quantitative estimate of drug-likeness (QED) is 0.869. The molecule has 0 spiro atoms. The van der Waals surface area contributed by atoms with E-state index >= 15 is 0 Å². The maximum Gasteiger partial charge on any atom is 0.219 e. The van der Waals surface area contributed by atoms with Gasteiger partial charge in [-0.3, -0.25) is 4.79 Å². The fourth-order valence-corrected chi connectivity index (χ4v) is 2.38. The monoisotopic (exact) mass is 246 g/mol. The standard InChI is InChI=1S/C13H14N2OS/c14-12(7-13(15)16)10-3-1-2-9(6-10)11-4-5-17-8-11/h1-6,8,12H,7,14H2,(H2,15,16). The Hall–Kier alpha value is -1.65. The number of carbonyl (C=O) groups is 1. The van der Waals surface area contributed by atoms with Crippen molar-refractivity contribution >= 4 is 17.2 Å². The van der Waals surface area contributed by atoms with E-state index in [0.29, 0.717) is 0 Å². The van der Waals surface area contributed by atoms with Crippen molar-refractivity contribution in [2.24, 2.45) is 11.5 Å². The van der Waals surface area contributed by atoms with Crippen LogP contribution in [0.5, 0.6) is 0 Å². The molecule has 0 bridgehead atoms. The first-order valence-corrected chi connectivity index (χ1v) is 6.27. The average molecular weight is 246 g/mol. The zero-order chi connectivity index (χ0) is 12.3. The molecule has 2 rings (SSSR count). The topological polar surface area (TPSA) is 69.1 Å². The molecule has 1 amide bonds. The lowest BCUT2D eigenvalue weighted by atomic mass is 10.00. The van der Waals surface area contributed by atoms with Crippen LogP contribution in [-0.2, 0) is 4.79 Å². The number of hydrogen-bond donors (Lipinski definition) is 2. The van der Waals surface area contributed by atoms with Gasteiger partial charge in [-0.05, 0) is 39.6 Å². The van der Waals surface area contributed by atoms with E-state index in [2.05, 4.69) is 11.4 Å². The molecule has 4 heteroatoms. The zero-order valence-electron chi connectivity index (χ0n) is 9.30. The molecule has 1 atom stereocenters. The first-order valence-electron chi connectivity index (χ1n) is 5.33. The molecular weight excluding hydrogens is 232 g/mol. The smallest absolute Gasteiger partial charge is 0.219 e. The Morgan fingerprint density at radius 1 is 1.29 bits per heavy atom. The van der Waals surface area contributed by atoms with E-state index in [0.717, 1.165) is 11.1 Å². The highest BCUT2D eigenvalue weighted by Crippen LogP contribution is 2.25. The van der Waals surface area contributed by atoms with Gasteiger partial charge in [0.1, 0.15) is 0 Å². The molecule has 3 nitrogen and oxygen atoms in total. The van der Waals surface area contributed by atoms with Crippen LogP contribution in [0.3, 0.4) is 0 Å². The molecule has 0 aliphatic rings. The minimum Gasteiger partial charge on any atom is -0.370 e. The van der Waals surface area contributed by atoms with E-state index in [-0.39, 0.29) is 18.4 Å². The number of carbonyl (C=O) groups excluding carboxylic acids is 1. The Morgan fingerprint density at radius 2 is 2.12 bits per heavy atom. The Bertz CT molecular complexity index is 508. The number of rotatable bonds is 4. The van der Waals surface area contributed by atoms with Gasteiger partial charge in [0.25, 0.3) is 0 Å². The lowest BCUT2D eigenvalue weighted by Gasteiger charge is -2.11. The molecule has 0 radical (unpaired) electrons. The Labute approximate surface area is 104 Å². The molecule has 0 aliphatic heterocycles. The van der Waals surface area contributed by atoms with Crippen molar-refractivity contribution in [1.82, 2.24) is 0 Å². The van der Waals surface area contributed by atoms with Gasteiger partial charge >= 0.3 is 0 Å². The van der Waals surface area contributed by atoms with E-state index in [9.17, 15) is 4.79 Å². The van der Waals surface area contributed by atoms with Crippen molar-refractivity contribution in [3.8, 4) is 11.1 Å². The van der Waals surface area contributed by atoms with Crippen LogP contribution in [0.2, 0.25) is 0 Å². The largest absolute Gasteiger partial charge is 0.370 e. The molecule has 88 valence electrons. The van der Waals surface area contributed by atoms with Gasteiger partial charge in [0.2, 0.25) is 5.91 Å². The summed E-state index contributed by atoms with van der Waals surface area (Å²) in [6, 6.07) is 9.64. The molecule has 0 fully saturated rings. The molecule has 17 heavy (non-hydrogen) atoms. The molecular formula is C13H14N2OS. The van der Waals surface area contributed by atoms with Crippen molar-refractivity contribution in [1.29, 1.82) is 0 Å². The average Bonchev–Trinajstić information content (AvgIpc) is 2.82. The number of nitrogens with two attached hydrogens (primary N) is 2. The maximum absolute atomic E-state index is 10.8. The van der Waals surface area contributed by atoms with Crippen molar-refractivity contribution in [2.45, 2.75) is 12.5 Å². The van der Waals surface area contributed by atoms with Crippen LogP contribution in [0.4, 0.5) is 0 Å². The van der Waals surface area contributed by atoms with Crippen molar-refractivity contribution in [2.75, 3.05) is 0 Å². The summed E-state index contributed by atoms with van der Waals surface area (Å²) in [5.41, 5.74) is 14.3. The number of thiophene rings is 1. The highest BCUT2D eigenvalue weighted by atomic mass is 32.1. The van der Waals surface area contributed by atoms with E-state index in [4.69, 9.17) is 11.5 Å². The van der Waals surface area contributed by atoms with Crippen LogP contribution >= 0.6 is 11.3 Å². The summed E-state index contributed by atoms with van der Waals surface area (Å²) >= 11 is 1.65. The summed E-state index contributed by atoms with van der Waals surface area (Å²) in [7, 11) is 0. The van der Waals surface area contributed by atoms with E-state index in [1.807, 2.05) is 29.6 Å². The molecule has 1 unspecified atom stereocenters. The fourth-order valence-electron chi connectivity index (χ4n) is 1.71. The van der Waals surface area contributed by atoms with Crippen LogP contribution in [0, 0.1) is 0 Å². The first-order chi connectivity index (χ1) is 8.16. The number of benzene rings is 1. The third-order valence-electron chi connectivity index (χ3n) is 2.59. The second kappa shape index (κ2) is 5.12. The van der Waals surface area contributed by atoms with Crippen molar-refractivity contribution in [3.63, 3.8) is 0 Å². The lowest BCUT2D eigenvalue weighted by Crippen LogP contribution is -2.20. The Balaban J connectivity index is 2.25. The molecule has 1 aromatic carbocycles. The summed E-state index contributed by atoms with van der Waals surface area (Å²) in [5, 5.41) is 4.12. The zero-order valence-corrected chi connectivity index (χ0v) is 10.1. The molecule has 0 saturated carbocycles. The maximum atomic E-state index is 10.8. The molecule has 2 aromatic rings. The highest BCUT2D eigenvalue weighted by Gasteiger charge is 2.10. The summed E-state index contributed by atoms with van der Waals surface area (Å²) in [6.07, 6.45) is 0.174. The van der Waals surface area contributed by atoms with Crippen LogP contribution < -0.4 is 11.5 Å². The molecule has 1 aromatic heterocycles. The summed E-state index contributed by atoms with van der Waals surface area (Å²) < 4.78 is 0. The Kier molecular flexibility index (Phi) is 3.56. The van der Waals surface area contributed by atoms with Gasteiger partial charge in [0, 0.05) is 12.5 Å². The number of hydrogen-bond acceptors (Lipinski definition) is 3. The van der Waals surface area contributed by atoms with E-state index in [1.165, 1.54) is 5.56 Å². The van der Waals surface area contributed by atoms with Crippen LogP contribution in [0.15, 0.2) is 41.1 Å². The fraction of sp³-hybridized carbons (Fsp3) is 0.154. The summed E-state index contributed by atoms with van der Waals surface area (Å²) in [6.45, 7) is 0. The van der Waals surface area contributed by atoms with E-state index < -0.39 is 0 Å². The van der Waals surface area contributed by atoms with Gasteiger partial charge in [-0.2, -0.15) is 11.3 Å². The molecule has 0 aliphatic carbocycles. The third-order valence-corrected chi connectivity index (χ3v) is 3.27. The summed E-state index contributed by atoms with van der Waals surface area (Å²) in [4.78, 5) is 10.8. The SMILES string of the molecule is NC(=O)CC(N)c1cccc(-c2ccsc2)c1.